The molecule has 20 heavy (non-hydrogen) atoms. The van der Waals surface area contributed by atoms with Crippen LogP contribution in [0, 0.1) is 5.92 Å². The summed E-state index contributed by atoms with van der Waals surface area (Å²) >= 11 is 0. The lowest BCUT2D eigenvalue weighted by Gasteiger charge is -2.34. The lowest BCUT2D eigenvalue weighted by Crippen LogP contribution is -2.37. The Labute approximate surface area is 119 Å². The van der Waals surface area contributed by atoms with E-state index in [0.29, 0.717) is 30.6 Å². The molecule has 1 aromatic rings. The zero-order valence-electron chi connectivity index (χ0n) is 12.5. The summed E-state index contributed by atoms with van der Waals surface area (Å²) in [6.07, 6.45) is 4.89. The molecule has 112 valence electrons. The van der Waals surface area contributed by atoms with E-state index in [2.05, 4.69) is 32.2 Å². The molecule has 1 aliphatic rings. The van der Waals surface area contributed by atoms with Crippen molar-refractivity contribution in [3.8, 4) is 6.01 Å². The van der Waals surface area contributed by atoms with Crippen LogP contribution < -0.4 is 20.9 Å². The van der Waals surface area contributed by atoms with E-state index < -0.39 is 0 Å². The second-order valence-electron chi connectivity index (χ2n) is 5.36. The highest BCUT2D eigenvalue weighted by molar-refractivity contribution is 5.38. The maximum atomic E-state index is 5.41. The molecule has 0 aromatic carbocycles. The Morgan fingerprint density at radius 1 is 1.35 bits per heavy atom. The van der Waals surface area contributed by atoms with Gasteiger partial charge in [0, 0.05) is 13.1 Å². The molecule has 1 aromatic heterocycles. The number of nitrogens with one attached hydrogen (secondary N) is 1. The first-order chi connectivity index (χ1) is 9.63. The maximum absolute atomic E-state index is 5.41. The lowest BCUT2D eigenvalue weighted by molar-refractivity contribution is 0.309. The number of hydrogen-bond acceptors (Lipinski definition) is 7. The number of aromatic nitrogens is 3. The molecule has 2 atom stereocenters. The van der Waals surface area contributed by atoms with Gasteiger partial charge in [-0.25, -0.2) is 5.84 Å². The SMILES string of the molecule is CCOc1nc(NN)nc(N(C)C2CCCC(C)C2)n1. The number of hydrazine groups is 1. The predicted molar refractivity (Wildman–Crippen MR) is 78.6 cm³/mol. The van der Waals surface area contributed by atoms with E-state index in [4.69, 9.17) is 10.6 Å². The first kappa shape index (κ1) is 14.8. The molecular formula is C13H24N6O. The van der Waals surface area contributed by atoms with E-state index in [1.807, 2.05) is 14.0 Å². The van der Waals surface area contributed by atoms with Crippen LogP contribution >= 0.6 is 0 Å². The van der Waals surface area contributed by atoms with Gasteiger partial charge in [-0.3, -0.25) is 5.43 Å². The van der Waals surface area contributed by atoms with E-state index >= 15 is 0 Å². The van der Waals surface area contributed by atoms with E-state index in [-0.39, 0.29) is 0 Å². The number of nitrogen functional groups attached to an aromatic ring is 1. The summed E-state index contributed by atoms with van der Waals surface area (Å²) in [6, 6.07) is 0.766. The summed E-state index contributed by atoms with van der Waals surface area (Å²) in [5, 5.41) is 0. The van der Waals surface area contributed by atoms with Gasteiger partial charge in [-0.05, 0) is 25.7 Å². The highest BCUT2D eigenvalue weighted by Crippen LogP contribution is 2.28. The molecule has 1 saturated carbocycles. The highest BCUT2D eigenvalue weighted by Gasteiger charge is 2.24. The third-order valence-electron chi connectivity index (χ3n) is 3.78. The van der Waals surface area contributed by atoms with Crippen LogP contribution in [0.4, 0.5) is 11.9 Å². The quantitative estimate of drug-likeness (QED) is 0.625. The van der Waals surface area contributed by atoms with Crippen LogP contribution in [0.5, 0.6) is 6.01 Å². The van der Waals surface area contributed by atoms with Crippen LogP contribution in [-0.4, -0.2) is 34.6 Å². The lowest BCUT2D eigenvalue weighted by atomic mass is 9.86. The molecule has 1 aliphatic carbocycles. The van der Waals surface area contributed by atoms with Crippen molar-refractivity contribution < 1.29 is 4.74 Å². The molecule has 0 aliphatic heterocycles. The Balaban J connectivity index is 2.19. The normalized spacial score (nSPS) is 22.4. The van der Waals surface area contributed by atoms with Crippen molar-refractivity contribution in [1.29, 1.82) is 0 Å². The number of rotatable bonds is 5. The van der Waals surface area contributed by atoms with Crippen molar-refractivity contribution >= 4 is 11.9 Å². The van der Waals surface area contributed by atoms with Gasteiger partial charge >= 0.3 is 6.01 Å². The molecule has 1 fully saturated rings. The molecule has 7 nitrogen and oxygen atoms in total. The first-order valence-corrected chi connectivity index (χ1v) is 7.22. The second-order valence-corrected chi connectivity index (χ2v) is 5.36. The van der Waals surface area contributed by atoms with Gasteiger partial charge in [-0.2, -0.15) is 15.0 Å². The number of anilines is 2. The van der Waals surface area contributed by atoms with Gasteiger partial charge in [0.25, 0.3) is 0 Å². The van der Waals surface area contributed by atoms with Gasteiger partial charge in [0.1, 0.15) is 0 Å². The Kier molecular flexibility index (Phi) is 4.94. The number of ether oxygens (including phenoxy) is 1. The molecule has 1 heterocycles. The molecule has 0 bridgehead atoms. The Bertz CT molecular complexity index is 441. The van der Waals surface area contributed by atoms with E-state index in [9.17, 15) is 0 Å². The summed E-state index contributed by atoms with van der Waals surface area (Å²) in [4.78, 5) is 14.9. The summed E-state index contributed by atoms with van der Waals surface area (Å²) < 4.78 is 5.36. The zero-order valence-corrected chi connectivity index (χ0v) is 12.5. The molecule has 2 rings (SSSR count). The minimum atomic E-state index is 0.307. The minimum Gasteiger partial charge on any atom is -0.464 e. The monoisotopic (exact) mass is 280 g/mol. The average molecular weight is 280 g/mol. The molecule has 0 spiro atoms. The van der Waals surface area contributed by atoms with Crippen LogP contribution in [0.15, 0.2) is 0 Å². The highest BCUT2D eigenvalue weighted by atomic mass is 16.5. The number of nitrogens with zero attached hydrogens (tertiary/aromatic N) is 4. The Morgan fingerprint density at radius 2 is 2.15 bits per heavy atom. The van der Waals surface area contributed by atoms with Crippen LogP contribution in [0.3, 0.4) is 0 Å². The first-order valence-electron chi connectivity index (χ1n) is 7.22. The third kappa shape index (κ3) is 3.47. The standard InChI is InChI=1S/C13H24N6O/c1-4-20-13-16-11(18-14)15-12(17-13)19(3)10-7-5-6-9(2)8-10/h9-10H,4-8,14H2,1-3H3,(H,15,16,17,18). The van der Waals surface area contributed by atoms with Crippen molar-refractivity contribution in [3.05, 3.63) is 0 Å². The number of hydrogen-bond donors (Lipinski definition) is 2. The Hall–Kier alpha value is -1.63. The van der Waals surface area contributed by atoms with Crippen molar-refractivity contribution in [2.24, 2.45) is 11.8 Å². The molecule has 3 N–H and O–H groups in total. The largest absolute Gasteiger partial charge is 0.464 e. The van der Waals surface area contributed by atoms with Crippen LogP contribution in [0.2, 0.25) is 0 Å². The van der Waals surface area contributed by atoms with Crippen molar-refractivity contribution in [2.45, 2.75) is 45.6 Å². The summed E-state index contributed by atoms with van der Waals surface area (Å²) in [5.74, 6) is 7.09. The van der Waals surface area contributed by atoms with Crippen LogP contribution in [-0.2, 0) is 0 Å². The van der Waals surface area contributed by atoms with Gasteiger partial charge in [0.2, 0.25) is 11.9 Å². The average Bonchev–Trinajstić information content (AvgIpc) is 2.46. The smallest absolute Gasteiger partial charge is 0.323 e. The summed E-state index contributed by atoms with van der Waals surface area (Å²) in [6.45, 7) is 4.70. The summed E-state index contributed by atoms with van der Waals surface area (Å²) in [5.41, 5.74) is 2.46. The minimum absolute atomic E-state index is 0.307. The van der Waals surface area contributed by atoms with E-state index in [1.165, 1.54) is 19.3 Å². The topological polar surface area (TPSA) is 89.2 Å². The fourth-order valence-electron chi connectivity index (χ4n) is 2.68. The predicted octanol–water partition coefficient (Wildman–Crippen LogP) is 1.57. The molecule has 0 amide bonds. The van der Waals surface area contributed by atoms with Gasteiger partial charge in [-0.1, -0.05) is 19.8 Å². The molecular weight excluding hydrogens is 256 g/mol. The molecule has 2 unspecified atom stereocenters. The van der Waals surface area contributed by atoms with Gasteiger partial charge in [-0.15, -0.1) is 0 Å². The third-order valence-corrected chi connectivity index (χ3v) is 3.78. The van der Waals surface area contributed by atoms with Crippen LogP contribution in [0.1, 0.15) is 39.5 Å². The van der Waals surface area contributed by atoms with E-state index in [1.54, 1.807) is 0 Å². The fraction of sp³-hybridized carbons (Fsp3) is 0.769. The summed E-state index contributed by atoms with van der Waals surface area (Å²) in [7, 11) is 2.02. The molecule has 0 radical (unpaired) electrons. The molecule has 0 saturated heterocycles. The zero-order chi connectivity index (χ0) is 14.5. The Morgan fingerprint density at radius 3 is 2.80 bits per heavy atom. The van der Waals surface area contributed by atoms with E-state index in [0.717, 1.165) is 12.3 Å². The number of nitrogens with two attached hydrogens (primary N) is 1. The van der Waals surface area contributed by atoms with Gasteiger partial charge in [0.15, 0.2) is 0 Å². The fourth-order valence-corrected chi connectivity index (χ4v) is 2.68. The van der Waals surface area contributed by atoms with Crippen molar-refractivity contribution in [2.75, 3.05) is 24.0 Å². The van der Waals surface area contributed by atoms with Crippen molar-refractivity contribution in [3.63, 3.8) is 0 Å². The van der Waals surface area contributed by atoms with Gasteiger partial charge in [0.05, 0.1) is 6.61 Å². The van der Waals surface area contributed by atoms with Crippen LogP contribution in [0.25, 0.3) is 0 Å². The van der Waals surface area contributed by atoms with Gasteiger partial charge < -0.3 is 9.64 Å². The maximum Gasteiger partial charge on any atom is 0.323 e. The molecule has 7 heteroatoms. The second kappa shape index (κ2) is 6.69. The van der Waals surface area contributed by atoms with Crippen molar-refractivity contribution in [1.82, 2.24) is 15.0 Å².